The minimum absolute atomic E-state index is 0. The quantitative estimate of drug-likeness (QED) is 0.848. The van der Waals surface area contributed by atoms with Gasteiger partial charge in [-0.15, -0.1) is 24.8 Å². The number of rotatable bonds is 3. The second-order valence-electron chi connectivity index (χ2n) is 5.60. The summed E-state index contributed by atoms with van der Waals surface area (Å²) in [4.78, 5) is 22.8. The van der Waals surface area contributed by atoms with Crippen molar-refractivity contribution in [2.24, 2.45) is 0 Å². The molecule has 1 amide bonds. The van der Waals surface area contributed by atoms with Crippen molar-refractivity contribution in [1.82, 2.24) is 20.2 Å². The summed E-state index contributed by atoms with van der Waals surface area (Å²) in [7, 11) is 0. The highest BCUT2D eigenvalue weighted by Gasteiger charge is 2.30. The zero-order chi connectivity index (χ0) is 16.2. The number of nitrogens with one attached hydrogen (secondary N) is 1. The molecule has 0 saturated carbocycles. The monoisotopic (exact) mass is 383 g/mol. The summed E-state index contributed by atoms with van der Waals surface area (Å²) >= 11 is 0. The van der Waals surface area contributed by atoms with E-state index in [4.69, 9.17) is 5.73 Å². The Hall–Kier alpha value is -1.89. The van der Waals surface area contributed by atoms with E-state index in [1.165, 1.54) is 18.0 Å². The normalized spacial score (nSPS) is 16.5. The minimum atomic E-state index is -0.165. The fraction of sp³-hybridized carbons (Fsp3) is 0.353. The van der Waals surface area contributed by atoms with Crippen LogP contribution in [0.25, 0.3) is 0 Å². The lowest BCUT2D eigenvalue weighted by atomic mass is 10.0. The number of anilines is 1. The molecule has 1 aliphatic rings. The van der Waals surface area contributed by atoms with Crippen LogP contribution in [0.2, 0.25) is 0 Å². The third kappa shape index (κ3) is 4.60. The molecule has 0 radical (unpaired) electrons. The molecular formula is C17H23Cl2N5O. The van der Waals surface area contributed by atoms with Gasteiger partial charge in [-0.25, -0.2) is 9.97 Å². The summed E-state index contributed by atoms with van der Waals surface area (Å²) in [5.41, 5.74) is 8.44. The zero-order valence-corrected chi connectivity index (χ0v) is 15.6. The van der Waals surface area contributed by atoms with E-state index in [1.807, 2.05) is 4.90 Å². The van der Waals surface area contributed by atoms with E-state index in [-0.39, 0.29) is 48.3 Å². The van der Waals surface area contributed by atoms with E-state index in [0.29, 0.717) is 6.54 Å². The van der Waals surface area contributed by atoms with Crippen molar-refractivity contribution in [3.8, 4) is 0 Å². The molecule has 136 valence electrons. The molecular weight excluding hydrogens is 361 g/mol. The summed E-state index contributed by atoms with van der Waals surface area (Å²) in [5, 5.41) is 3.35. The van der Waals surface area contributed by atoms with Crippen LogP contribution >= 0.6 is 24.8 Å². The molecule has 1 aliphatic heterocycles. The maximum absolute atomic E-state index is 12.8. The fourth-order valence-corrected chi connectivity index (χ4v) is 2.87. The van der Waals surface area contributed by atoms with Crippen molar-refractivity contribution in [3.05, 3.63) is 53.5 Å². The Morgan fingerprint density at radius 3 is 2.56 bits per heavy atom. The number of nitrogens with zero attached hydrogens (tertiary/aromatic N) is 3. The van der Waals surface area contributed by atoms with Crippen molar-refractivity contribution < 1.29 is 4.79 Å². The van der Waals surface area contributed by atoms with Gasteiger partial charge in [-0.1, -0.05) is 31.2 Å². The van der Waals surface area contributed by atoms with Gasteiger partial charge >= 0.3 is 0 Å². The van der Waals surface area contributed by atoms with Crippen LogP contribution in [0.3, 0.4) is 0 Å². The van der Waals surface area contributed by atoms with E-state index in [2.05, 4.69) is 46.5 Å². The third-order valence-electron chi connectivity index (χ3n) is 4.21. The van der Waals surface area contributed by atoms with E-state index < -0.39 is 0 Å². The van der Waals surface area contributed by atoms with Gasteiger partial charge in [0.2, 0.25) is 0 Å². The summed E-state index contributed by atoms with van der Waals surface area (Å²) in [6, 6.07) is 8.39. The Balaban J connectivity index is 0.00000156. The molecule has 1 aromatic carbocycles. The first-order valence-electron chi connectivity index (χ1n) is 7.87. The standard InChI is InChI=1S/C17H21N5O.2ClH/c1-2-12-3-5-13(6-4-12)14-11-19-9-10-22(14)17(23)15-16(18)21-8-7-20-15;;/h3-8,14,19H,2,9-11H2,1H3,(H2,18,21);2*1H. The molecule has 1 unspecified atom stereocenters. The fourth-order valence-electron chi connectivity index (χ4n) is 2.87. The van der Waals surface area contributed by atoms with Crippen molar-refractivity contribution in [2.45, 2.75) is 19.4 Å². The number of piperazine rings is 1. The van der Waals surface area contributed by atoms with Crippen molar-refractivity contribution in [2.75, 3.05) is 25.4 Å². The lowest BCUT2D eigenvalue weighted by Gasteiger charge is -2.36. The number of hydrogen-bond donors (Lipinski definition) is 2. The molecule has 1 atom stereocenters. The third-order valence-corrected chi connectivity index (χ3v) is 4.21. The summed E-state index contributed by atoms with van der Waals surface area (Å²) in [5.74, 6) is 0.0118. The molecule has 6 nitrogen and oxygen atoms in total. The maximum atomic E-state index is 12.8. The summed E-state index contributed by atoms with van der Waals surface area (Å²) in [6.07, 6.45) is 3.99. The van der Waals surface area contributed by atoms with Gasteiger partial charge in [-0.3, -0.25) is 4.79 Å². The number of carbonyl (C=O) groups excluding carboxylic acids is 1. The Labute approximate surface area is 160 Å². The average Bonchev–Trinajstić information content (AvgIpc) is 2.62. The largest absolute Gasteiger partial charge is 0.382 e. The first-order valence-corrected chi connectivity index (χ1v) is 7.87. The first-order chi connectivity index (χ1) is 11.2. The number of carbonyl (C=O) groups is 1. The number of halogens is 2. The van der Waals surface area contributed by atoms with Gasteiger partial charge in [0.15, 0.2) is 11.5 Å². The van der Waals surface area contributed by atoms with Crippen molar-refractivity contribution >= 4 is 36.5 Å². The molecule has 2 aromatic rings. The van der Waals surface area contributed by atoms with Crippen LogP contribution in [-0.4, -0.2) is 40.4 Å². The SMILES string of the molecule is CCc1ccc(C2CNCCN2C(=O)c2nccnc2N)cc1.Cl.Cl. The van der Waals surface area contributed by atoms with Crippen LogP contribution in [0, 0.1) is 0 Å². The average molecular weight is 384 g/mol. The molecule has 0 aliphatic carbocycles. The number of hydrogen-bond acceptors (Lipinski definition) is 5. The Kier molecular flexibility index (Phi) is 8.09. The lowest BCUT2D eigenvalue weighted by Crippen LogP contribution is -2.49. The number of nitrogens with two attached hydrogens (primary N) is 1. The van der Waals surface area contributed by atoms with E-state index in [0.717, 1.165) is 25.1 Å². The van der Waals surface area contributed by atoms with E-state index >= 15 is 0 Å². The maximum Gasteiger partial charge on any atom is 0.276 e. The predicted octanol–water partition coefficient (Wildman–Crippen LogP) is 2.25. The molecule has 1 fully saturated rings. The molecule has 3 rings (SSSR count). The predicted molar refractivity (Wildman–Crippen MR) is 103 cm³/mol. The highest BCUT2D eigenvalue weighted by Crippen LogP contribution is 2.25. The molecule has 2 heterocycles. The Morgan fingerprint density at radius 1 is 1.24 bits per heavy atom. The van der Waals surface area contributed by atoms with Gasteiger partial charge in [0.1, 0.15) is 0 Å². The minimum Gasteiger partial charge on any atom is -0.382 e. The number of benzene rings is 1. The van der Waals surface area contributed by atoms with E-state index in [9.17, 15) is 4.79 Å². The zero-order valence-electron chi connectivity index (χ0n) is 14.0. The molecule has 1 saturated heterocycles. The molecule has 3 N–H and O–H groups in total. The molecule has 0 spiro atoms. The second kappa shape index (κ2) is 9.56. The summed E-state index contributed by atoms with van der Waals surface area (Å²) < 4.78 is 0. The highest BCUT2D eigenvalue weighted by molar-refractivity contribution is 5.96. The summed E-state index contributed by atoms with van der Waals surface area (Å²) in [6.45, 7) is 4.23. The number of nitrogen functional groups attached to an aromatic ring is 1. The topological polar surface area (TPSA) is 84.1 Å². The van der Waals surface area contributed by atoms with Crippen molar-refractivity contribution in [1.29, 1.82) is 0 Å². The van der Waals surface area contributed by atoms with Gasteiger partial charge in [-0.2, -0.15) is 0 Å². The van der Waals surface area contributed by atoms with Gasteiger partial charge < -0.3 is 16.0 Å². The van der Waals surface area contributed by atoms with Gasteiger partial charge in [0.05, 0.1) is 6.04 Å². The second-order valence-corrected chi connectivity index (χ2v) is 5.60. The van der Waals surface area contributed by atoms with Crippen LogP contribution in [0.5, 0.6) is 0 Å². The smallest absolute Gasteiger partial charge is 0.276 e. The Bertz CT molecular complexity index is 696. The van der Waals surface area contributed by atoms with Crippen LogP contribution in [0.1, 0.15) is 34.6 Å². The number of aromatic nitrogens is 2. The van der Waals surface area contributed by atoms with Gasteiger partial charge in [0, 0.05) is 32.0 Å². The first kappa shape index (κ1) is 21.2. The van der Waals surface area contributed by atoms with Crippen LogP contribution in [0.4, 0.5) is 5.82 Å². The number of amides is 1. The van der Waals surface area contributed by atoms with Crippen molar-refractivity contribution in [3.63, 3.8) is 0 Å². The highest BCUT2D eigenvalue weighted by atomic mass is 35.5. The van der Waals surface area contributed by atoms with Crippen LogP contribution in [-0.2, 0) is 6.42 Å². The van der Waals surface area contributed by atoms with Gasteiger partial charge in [0.25, 0.3) is 5.91 Å². The number of aryl methyl sites for hydroxylation is 1. The molecule has 1 aromatic heterocycles. The van der Waals surface area contributed by atoms with E-state index in [1.54, 1.807) is 0 Å². The van der Waals surface area contributed by atoms with Gasteiger partial charge in [-0.05, 0) is 17.5 Å². The Morgan fingerprint density at radius 2 is 1.92 bits per heavy atom. The molecule has 25 heavy (non-hydrogen) atoms. The molecule has 8 heteroatoms. The molecule has 0 bridgehead atoms. The van der Waals surface area contributed by atoms with Crippen LogP contribution < -0.4 is 11.1 Å². The van der Waals surface area contributed by atoms with Crippen LogP contribution in [0.15, 0.2) is 36.7 Å². The lowest BCUT2D eigenvalue weighted by molar-refractivity contribution is 0.0629.